The summed E-state index contributed by atoms with van der Waals surface area (Å²) in [5, 5.41) is 3.19. The summed E-state index contributed by atoms with van der Waals surface area (Å²) in [6.07, 6.45) is 5.38. The molecule has 0 unspecified atom stereocenters. The Kier molecular flexibility index (Phi) is 4.38. The highest BCUT2D eigenvalue weighted by Gasteiger charge is 2.29. The van der Waals surface area contributed by atoms with E-state index in [2.05, 4.69) is 23.0 Å². The van der Waals surface area contributed by atoms with Crippen LogP contribution in [0.15, 0.2) is 18.5 Å². The van der Waals surface area contributed by atoms with Crippen molar-refractivity contribution in [2.45, 2.75) is 38.6 Å². The molecule has 0 aliphatic heterocycles. The maximum Gasteiger partial charge on any atom is 0.153 e. The molecule has 1 heterocycles. The molecule has 1 aromatic rings. The lowest BCUT2D eigenvalue weighted by Gasteiger charge is -2.22. The zero-order chi connectivity index (χ0) is 13.1. The van der Waals surface area contributed by atoms with Crippen molar-refractivity contribution >= 4 is 9.84 Å². The summed E-state index contributed by atoms with van der Waals surface area (Å²) in [6, 6.07) is 2.05. The van der Waals surface area contributed by atoms with Gasteiger partial charge in [0.15, 0.2) is 9.84 Å². The van der Waals surface area contributed by atoms with Gasteiger partial charge in [-0.25, -0.2) is 8.42 Å². The normalized spacial score (nSPS) is 12.9. The molecule has 0 fully saturated rings. The van der Waals surface area contributed by atoms with Crippen molar-refractivity contribution in [2.75, 3.05) is 12.8 Å². The lowest BCUT2D eigenvalue weighted by Crippen LogP contribution is -2.41. The van der Waals surface area contributed by atoms with Crippen LogP contribution in [0.3, 0.4) is 0 Å². The van der Waals surface area contributed by atoms with Gasteiger partial charge in [0.2, 0.25) is 0 Å². The number of hydrogen-bond acceptors (Lipinski definition) is 3. The van der Waals surface area contributed by atoms with Gasteiger partial charge in [-0.1, -0.05) is 0 Å². The largest absolute Gasteiger partial charge is 0.354 e. The van der Waals surface area contributed by atoms with E-state index >= 15 is 0 Å². The molecule has 5 heteroatoms. The van der Waals surface area contributed by atoms with Gasteiger partial charge >= 0.3 is 0 Å². The van der Waals surface area contributed by atoms with Gasteiger partial charge in [0.25, 0.3) is 0 Å². The standard InChI is InChI=1S/C12H22N2O2S/c1-5-14-7-6-11(9-14)8-13-10-12(2,3)17(4,15)16/h6-7,9,13H,5,8,10H2,1-4H3. The average molecular weight is 258 g/mol. The van der Waals surface area contributed by atoms with E-state index in [1.54, 1.807) is 13.8 Å². The monoisotopic (exact) mass is 258 g/mol. The summed E-state index contributed by atoms with van der Waals surface area (Å²) in [7, 11) is -3.02. The number of aromatic nitrogens is 1. The lowest BCUT2D eigenvalue weighted by molar-refractivity contribution is 0.521. The van der Waals surface area contributed by atoms with Crippen molar-refractivity contribution < 1.29 is 8.42 Å². The third kappa shape index (κ3) is 3.85. The molecule has 98 valence electrons. The molecule has 0 aromatic carbocycles. The predicted molar refractivity (Wildman–Crippen MR) is 70.7 cm³/mol. The Morgan fingerprint density at radius 2 is 2.06 bits per heavy atom. The Morgan fingerprint density at radius 1 is 1.41 bits per heavy atom. The van der Waals surface area contributed by atoms with Crippen molar-refractivity contribution in [1.29, 1.82) is 0 Å². The van der Waals surface area contributed by atoms with Crippen LogP contribution in [0.1, 0.15) is 26.3 Å². The minimum atomic E-state index is -3.02. The maximum atomic E-state index is 11.5. The number of nitrogens with zero attached hydrogens (tertiary/aromatic N) is 1. The second kappa shape index (κ2) is 5.23. The van der Waals surface area contributed by atoms with Crippen LogP contribution in [0.2, 0.25) is 0 Å². The Labute approximate surface area is 104 Å². The molecule has 0 spiro atoms. The Hall–Kier alpha value is -0.810. The van der Waals surface area contributed by atoms with Gasteiger partial charge in [0.05, 0.1) is 4.75 Å². The van der Waals surface area contributed by atoms with Crippen LogP contribution < -0.4 is 5.32 Å². The second-order valence-corrected chi connectivity index (χ2v) is 7.64. The quantitative estimate of drug-likeness (QED) is 0.839. The molecular weight excluding hydrogens is 236 g/mol. The summed E-state index contributed by atoms with van der Waals surface area (Å²) in [5.41, 5.74) is 1.18. The van der Waals surface area contributed by atoms with Crippen molar-refractivity contribution in [1.82, 2.24) is 9.88 Å². The van der Waals surface area contributed by atoms with Crippen molar-refractivity contribution in [2.24, 2.45) is 0 Å². The number of hydrogen-bond donors (Lipinski definition) is 1. The number of rotatable bonds is 6. The van der Waals surface area contributed by atoms with E-state index in [0.717, 1.165) is 6.54 Å². The van der Waals surface area contributed by atoms with E-state index in [9.17, 15) is 8.42 Å². The summed E-state index contributed by atoms with van der Waals surface area (Å²) in [4.78, 5) is 0. The first-order valence-electron chi connectivity index (χ1n) is 5.81. The van der Waals surface area contributed by atoms with Crippen LogP contribution in [0.4, 0.5) is 0 Å². The van der Waals surface area contributed by atoms with Crippen LogP contribution in [0.25, 0.3) is 0 Å². The van der Waals surface area contributed by atoms with E-state index in [0.29, 0.717) is 13.1 Å². The summed E-state index contributed by atoms with van der Waals surface area (Å²) in [6.45, 7) is 7.69. The van der Waals surface area contributed by atoms with Gasteiger partial charge in [0, 0.05) is 38.3 Å². The molecule has 0 aliphatic carbocycles. The van der Waals surface area contributed by atoms with E-state index in [1.807, 2.05) is 12.3 Å². The molecule has 1 aromatic heterocycles. The molecule has 0 saturated carbocycles. The van der Waals surface area contributed by atoms with Gasteiger partial charge in [-0.3, -0.25) is 0 Å². The van der Waals surface area contributed by atoms with Gasteiger partial charge in [0.1, 0.15) is 0 Å². The lowest BCUT2D eigenvalue weighted by atomic mass is 10.2. The van der Waals surface area contributed by atoms with Gasteiger partial charge in [-0.15, -0.1) is 0 Å². The minimum Gasteiger partial charge on any atom is -0.354 e. The van der Waals surface area contributed by atoms with Crippen LogP contribution >= 0.6 is 0 Å². The van der Waals surface area contributed by atoms with Gasteiger partial charge in [-0.2, -0.15) is 0 Å². The topological polar surface area (TPSA) is 51.1 Å². The third-order valence-electron chi connectivity index (χ3n) is 3.06. The first-order chi connectivity index (χ1) is 7.76. The van der Waals surface area contributed by atoms with E-state index in [1.165, 1.54) is 11.8 Å². The average Bonchev–Trinajstić information content (AvgIpc) is 2.63. The molecule has 0 saturated heterocycles. The SMILES string of the molecule is CCn1ccc(CNCC(C)(C)S(C)(=O)=O)c1. The molecule has 4 nitrogen and oxygen atoms in total. The second-order valence-electron chi connectivity index (χ2n) is 4.99. The third-order valence-corrected chi connectivity index (χ3v) is 5.21. The van der Waals surface area contributed by atoms with Crippen LogP contribution in [0, 0.1) is 0 Å². The van der Waals surface area contributed by atoms with E-state index in [-0.39, 0.29) is 0 Å². The Balaban J connectivity index is 2.48. The number of sulfone groups is 1. The van der Waals surface area contributed by atoms with E-state index < -0.39 is 14.6 Å². The fourth-order valence-electron chi connectivity index (χ4n) is 1.43. The molecule has 1 N–H and O–H groups in total. The maximum absolute atomic E-state index is 11.5. The highest BCUT2D eigenvalue weighted by molar-refractivity contribution is 7.92. The molecule has 17 heavy (non-hydrogen) atoms. The first-order valence-corrected chi connectivity index (χ1v) is 7.70. The first kappa shape index (κ1) is 14.3. The van der Waals surface area contributed by atoms with Crippen LogP contribution in [0.5, 0.6) is 0 Å². The molecule has 0 bridgehead atoms. The fraction of sp³-hybridized carbons (Fsp3) is 0.667. The number of aryl methyl sites for hydroxylation is 1. The summed E-state index contributed by atoms with van der Waals surface area (Å²) < 4.78 is 24.4. The van der Waals surface area contributed by atoms with Crippen molar-refractivity contribution in [3.8, 4) is 0 Å². The molecule has 0 radical (unpaired) electrons. The smallest absolute Gasteiger partial charge is 0.153 e. The van der Waals surface area contributed by atoms with Crippen LogP contribution in [-0.2, 0) is 22.9 Å². The number of nitrogens with one attached hydrogen (secondary N) is 1. The fourth-order valence-corrected chi connectivity index (χ4v) is 1.80. The van der Waals surface area contributed by atoms with Crippen molar-refractivity contribution in [3.05, 3.63) is 24.0 Å². The molecule has 0 aliphatic rings. The van der Waals surface area contributed by atoms with Crippen molar-refractivity contribution in [3.63, 3.8) is 0 Å². The molecule has 1 rings (SSSR count). The molecule has 0 atom stereocenters. The Morgan fingerprint density at radius 3 is 2.53 bits per heavy atom. The van der Waals surface area contributed by atoms with E-state index in [4.69, 9.17) is 0 Å². The van der Waals surface area contributed by atoms with Crippen LogP contribution in [-0.4, -0.2) is 30.5 Å². The zero-order valence-corrected chi connectivity index (χ0v) is 11.8. The molecule has 0 amide bonds. The zero-order valence-electron chi connectivity index (χ0n) is 11.0. The summed E-state index contributed by atoms with van der Waals surface area (Å²) >= 11 is 0. The summed E-state index contributed by atoms with van der Waals surface area (Å²) in [5.74, 6) is 0. The predicted octanol–water partition coefficient (Wildman–Crippen LogP) is 1.42. The molecular formula is C12H22N2O2S. The van der Waals surface area contributed by atoms with Gasteiger partial charge in [-0.05, 0) is 32.4 Å². The highest BCUT2D eigenvalue weighted by atomic mass is 32.2. The van der Waals surface area contributed by atoms with Gasteiger partial charge < -0.3 is 9.88 Å². The Bertz CT molecular complexity index is 461. The highest BCUT2D eigenvalue weighted by Crippen LogP contribution is 2.13. The minimum absolute atomic E-state index is 0.461.